The fourth-order valence-electron chi connectivity index (χ4n) is 1.23. The quantitative estimate of drug-likeness (QED) is 0.636. The minimum absolute atomic E-state index is 0.0847. The Bertz CT molecular complexity index is 401. The van der Waals surface area contributed by atoms with Crippen molar-refractivity contribution in [1.82, 2.24) is 0 Å². The van der Waals surface area contributed by atoms with Crippen LogP contribution in [-0.2, 0) is 4.79 Å². The van der Waals surface area contributed by atoms with Gasteiger partial charge in [-0.15, -0.1) is 11.3 Å². The van der Waals surface area contributed by atoms with Crippen LogP contribution >= 0.6 is 34.5 Å². The Labute approximate surface area is 107 Å². The minimum Gasteiger partial charge on any atom is -0.481 e. The lowest BCUT2D eigenvalue weighted by Crippen LogP contribution is -1.99. The summed E-state index contributed by atoms with van der Waals surface area (Å²) in [5.41, 5.74) is 0.437. The molecule has 1 heterocycles. The van der Waals surface area contributed by atoms with Crippen molar-refractivity contribution in [2.45, 2.75) is 25.7 Å². The first-order valence-electron chi connectivity index (χ1n) is 4.70. The Morgan fingerprint density at radius 3 is 2.38 bits per heavy atom. The van der Waals surface area contributed by atoms with Gasteiger partial charge in [0.15, 0.2) is 5.78 Å². The molecule has 0 aliphatic carbocycles. The van der Waals surface area contributed by atoms with Crippen molar-refractivity contribution < 1.29 is 14.7 Å². The Morgan fingerprint density at radius 1 is 1.25 bits per heavy atom. The van der Waals surface area contributed by atoms with Crippen molar-refractivity contribution in [1.29, 1.82) is 0 Å². The summed E-state index contributed by atoms with van der Waals surface area (Å²) in [6, 6.07) is 1.55. The molecule has 0 amide bonds. The monoisotopic (exact) mass is 280 g/mol. The average Bonchev–Trinajstić information content (AvgIpc) is 2.52. The van der Waals surface area contributed by atoms with Crippen molar-refractivity contribution in [3.63, 3.8) is 0 Å². The van der Waals surface area contributed by atoms with Crippen LogP contribution in [0.5, 0.6) is 0 Å². The molecule has 1 aromatic rings. The van der Waals surface area contributed by atoms with Gasteiger partial charge >= 0.3 is 5.97 Å². The number of aliphatic carboxylic acids is 1. The maximum atomic E-state index is 11.6. The highest BCUT2D eigenvalue weighted by atomic mass is 35.5. The largest absolute Gasteiger partial charge is 0.481 e. The van der Waals surface area contributed by atoms with E-state index < -0.39 is 5.97 Å². The maximum absolute atomic E-state index is 11.6. The molecule has 0 bridgehead atoms. The lowest BCUT2D eigenvalue weighted by Gasteiger charge is -1.98. The van der Waals surface area contributed by atoms with E-state index in [9.17, 15) is 9.59 Å². The third-order valence-electron chi connectivity index (χ3n) is 2.00. The number of hydrogen-bond donors (Lipinski definition) is 1. The van der Waals surface area contributed by atoms with Gasteiger partial charge in [0.05, 0.1) is 4.34 Å². The molecule has 6 heteroatoms. The molecule has 0 spiro atoms. The number of Topliss-reactive ketones (excluding diaryl/α,β-unsaturated/α-hetero) is 1. The summed E-state index contributed by atoms with van der Waals surface area (Å²) in [6.45, 7) is 0. The van der Waals surface area contributed by atoms with Crippen LogP contribution < -0.4 is 0 Å². The van der Waals surface area contributed by atoms with Crippen LogP contribution in [0.15, 0.2) is 6.07 Å². The number of rotatable bonds is 6. The second-order valence-corrected chi connectivity index (χ2v) is 5.55. The first-order valence-corrected chi connectivity index (χ1v) is 6.27. The van der Waals surface area contributed by atoms with Gasteiger partial charge in [0.25, 0.3) is 0 Å². The van der Waals surface area contributed by atoms with Crippen molar-refractivity contribution in [3.8, 4) is 0 Å². The van der Waals surface area contributed by atoms with E-state index >= 15 is 0 Å². The van der Waals surface area contributed by atoms with Gasteiger partial charge in [-0.1, -0.05) is 23.2 Å². The third-order valence-corrected chi connectivity index (χ3v) is 3.49. The third kappa shape index (κ3) is 4.12. The molecule has 88 valence electrons. The minimum atomic E-state index is -0.843. The SMILES string of the molecule is O=C(O)CCCCC(=O)c1cc(Cl)sc1Cl. The summed E-state index contributed by atoms with van der Waals surface area (Å²) in [5.74, 6) is -0.928. The van der Waals surface area contributed by atoms with Crippen molar-refractivity contribution >= 4 is 46.3 Å². The fourth-order valence-corrected chi connectivity index (χ4v) is 2.73. The molecule has 0 radical (unpaired) electrons. The fraction of sp³-hybridized carbons (Fsp3) is 0.400. The normalized spacial score (nSPS) is 10.4. The molecular formula is C10H10Cl2O3S. The van der Waals surface area contributed by atoms with Crippen LogP contribution in [0.4, 0.5) is 0 Å². The highest BCUT2D eigenvalue weighted by Crippen LogP contribution is 2.32. The zero-order valence-electron chi connectivity index (χ0n) is 8.33. The molecule has 0 atom stereocenters. The highest BCUT2D eigenvalue weighted by molar-refractivity contribution is 7.20. The second-order valence-electron chi connectivity index (χ2n) is 3.26. The molecule has 0 aliphatic heterocycles. The molecule has 1 N–H and O–H groups in total. The lowest BCUT2D eigenvalue weighted by molar-refractivity contribution is -0.137. The summed E-state index contributed by atoms with van der Waals surface area (Å²) < 4.78 is 0.882. The number of thiophene rings is 1. The van der Waals surface area contributed by atoms with Crippen molar-refractivity contribution in [2.75, 3.05) is 0 Å². The maximum Gasteiger partial charge on any atom is 0.303 e. The molecule has 16 heavy (non-hydrogen) atoms. The summed E-state index contributed by atoms with van der Waals surface area (Å²) >= 11 is 12.7. The van der Waals surface area contributed by atoms with Crippen LogP contribution in [-0.4, -0.2) is 16.9 Å². The Morgan fingerprint density at radius 2 is 1.88 bits per heavy atom. The average molecular weight is 281 g/mol. The predicted octanol–water partition coefficient (Wildman–Crippen LogP) is 3.88. The van der Waals surface area contributed by atoms with E-state index in [1.54, 1.807) is 6.07 Å². The molecule has 0 saturated heterocycles. The van der Waals surface area contributed by atoms with Gasteiger partial charge in [0, 0.05) is 18.4 Å². The Kier molecular flexibility index (Phi) is 5.25. The van der Waals surface area contributed by atoms with Crippen LogP contribution in [0, 0.1) is 0 Å². The van der Waals surface area contributed by atoms with Crippen LogP contribution in [0.25, 0.3) is 0 Å². The lowest BCUT2D eigenvalue weighted by atomic mass is 10.1. The number of hydrogen-bond acceptors (Lipinski definition) is 3. The number of carboxylic acids is 1. The van der Waals surface area contributed by atoms with Crippen LogP contribution in [0.1, 0.15) is 36.0 Å². The number of carboxylic acid groups (broad SMARTS) is 1. The first kappa shape index (κ1) is 13.5. The summed E-state index contributed by atoms with van der Waals surface area (Å²) in [5, 5.41) is 8.42. The number of carbonyl (C=O) groups is 2. The van der Waals surface area contributed by atoms with Gasteiger partial charge in [-0.2, -0.15) is 0 Å². The zero-order valence-corrected chi connectivity index (χ0v) is 10.7. The number of halogens is 2. The predicted molar refractivity (Wildman–Crippen MR) is 64.8 cm³/mol. The van der Waals surface area contributed by atoms with Crippen molar-refractivity contribution in [2.24, 2.45) is 0 Å². The smallest absolute Gasteiger partial charge is 0.303 e. The van der Waals surface area contributed by atoms with E-state index in [-0.39, 0.29) is 12.2 Å². The topological polar surface area (TPSA) is 54.4 Å². The van der Waals surface area contributed by atoms with E-state index in [4.69, 9.17) is 28.3 Å². The summed E-state index contributed by atoms with van der Waals surface area (Å²) in [4.78, 5) is 21.9. The van der Waals surface area contributed by atoms with Crippen LogP contribution in [0.2, 0.25) is 8.67 Å². The molecule has 1 aromatic heterocycles. The Hall–Kier alpha value is -0.580. The van der Waals surface area contributed by atoms with Gasteiger partial charge in [0.1, 0.15) is 4.34 Å². The standard InChI is InChI=1S/C10H10Cl2O3S/c11-8-5-6(10(12)16-8)7(13)3-1-2-4-9(14)15/h5H,1-4H2,(H,14,15). The summed E-state index contributed by atoms with van der Waals surface area (Å²) in [6.07, 6.45) is 1.44. The van der Waals surface area contributed by atoms with Gasteiger partial charge < -0.3 is 5.11 Å². The molecule has 0 unspecified atom stereocenters. The molecule has 0 aliphatic rings. The van der Waals surface area contributed by atoms with Gasteiger partial charge in [-0.25, -0.2) is 0 Å². The van der Waals surface area contributed by atoms with E-state index in [1.165, 1.54) is 0 Å². The number of carbonyl (C=O) groups excluding carboxylic acids is 1. The second kappa shape index (κ2) is 6.23. The first-order chi connectivity index (χ1) is 7.50. The molecule has 1 rings (SSSR count). The summed E-state index contributed by atoms with van der Waals surface area (Å²) in [7, 11) is 0. The van der Waals surface area contributed by atoms with Gasteiger partial charge in [-0.3, -0.25) is 9.59 Å². The molecule has 0 fully saturated rings. The van der Waals surface area contributed by atoms with E-state index in [0.29, 0.717) is 33.5 Å². The van der Waals surface area contributed by atoms with Gasteiger partial charge in [0.2, 0.25) is 0 Å². The highest BCUT2D eigenvalue weighted by Gasteiger charge is 2.13. The van der Waals surface area contributed by atoms with Gasteiger partial charge in [-0.05, 0) is 18.9 Å². The Balaban J connectivity index is 2.41. The number of ketones is 1. The zero-order chi connectivity index (χ0) is 12.1. The van der Waals surface area contributed by atoms with Crippen molar-refractivity contribution in [3.05, 3.63) is 20.3 Å². The molecular weight excluding hydrogens is 271 g/mol. The molecule has 3 nitrogen and oxygen atoms in total. The van der Waals surface area contributed by atoms with Crippen LogP contribution in [0.3, 0.4) is 0 Å². The molecule has 0 aromatic carbocycles. The number of unbranched alkanes of at least 4 members (excludes halogenated alkanes) is 1. The molecule has 0 saturated carbocycles. The van der Waals surface area contributed by atoms with E-state index in [0.717, 1.165) is 11.3 Å². The van der Waals surface area contributed by atoms with E-state index in [2.05, 4.69) is 0 Å². The van der Waals surface area contributed by atoms with E-state index in [1.807, 2.05) is 0 Å².